The minimum Gasteiger partial charge on any atom is -0.488 e. The molecular weight excluding hydrogens is 336 g/mol. The molecule has 144 valence electrons. The van der Waals surface area contributed by atoms with Crippen molar-refractivity contribution in [2.45, 2.75) is 32.8 Å². The van der Waals surface area contributed by atoms with E-state index in [1.165, 1.54) is 12.0 Å². The summed E-state index contributed by atoms with van der Waals surface area (Å²) in [5.41, 5.74) is 3.01. The summed E-state index contributed by atoms with van der Waals surface area (Å²) >= 11 is 0. The van der Waals surface area contributed by atoms with Gasteiger partial charge in [-0.2, -0.15) is 0 Å². The van der Waals surface area contributed by atoms with Crippen molar-refractivity contribution < 1.29 is 9.53 Å². The van der Waals surface area contributed by atoms with E-state index in [1.807, 2.05) is 48.3 Å². The van der Waals surface area contributed by atoms with Crippen LogP contribution >= 0.6 is 0 Å². The van der Waals surface area contributed by atoms with Crippen LogP contribution < -0.4 is 10.1 Å². The summed E-state index contributed by atoms with van der Waals surface area (Å²) in [6, 6.07) is 15.8. The first-order chi connectivity index (χ1) is 13.2. The van der Waals surface area contributed by atoms with Gasteiger partial charge in [0.25, 0.3) is 5.91 Å². The third-order valence-electron chi connectivity index (χ3n) is 5.47. The first-order valence-corrected chi connectivity index (χ1v) is 9.89. The zero-order chi connectivity index (χ0) is 19.1. The van der Waals surface area contributed by atoms with Gasteiger partial charge in [0, 0.05) is 13.1 Å². The molecule has 1 N–H and O–H groups in total. The average Bonchev–Trinajstić information content (AvgIpc) is 2.72. The molecule has 0 spiro atoms. The van der Waals surface area contributed by atoms with Gasteiger partial charge in [-0.1, -0.05) is 36.4 Å². The van der Waals surface area contributed by atoms with Gasteiger partial charge in [0.15, 0.2) is 0 Å². The maximum absolute atomic E-state index is 13.1. The monoisotopic (exact) mass is 366 g/mol. The zero-order valence-corrected chi connectivity index (χ0v) is 16.4. The minimum atomic E-state index is 0.0856. The maximum atomic E-state index is 13.1. The number of nitrogens with one attached hydrogen (secondary N) is 1. The zero-order valence-electron chi connectivity index (χ0n) is 16.4. The number of ether oxygens (including phenoxy) is 1. The van der Waals surface area contributed by atoms with Gasteiger partial charge in [-0.25, -0.2) is 0 Å². The third-order valence-corrected chi connectivity index (χ3v) is 5.47. The topological polar surface area (TPSA) is 41.6 Å². The largest absolute Gasteiger partial charge is 0.488 e. The van der Waals surface area contributed by atoms with Crippen LogP contribution in [0.15, 0.2) is 48.5 Å². The Labute approximate surface area is 162 Å². The highest BCUT2D eigenvalue weighted by Crippen LogP contribution is 2.25. The highest BCUT2D eigenvalue weighted by atomic mass is 16.5. The second-order valence-corrected chi connectivity index (χ2v) is 7.34. The van der Waals surface area contributed by atoms with Gasteiger partial charge in [-0.05, 0) is 69.0 Å². The van der Waals surface area contributed by atoms with Crippen LogP contribution in [0.4, 0.5) is 0 Å². The Kier molecular flexibility index (Phi) is 6.88. The van der Waals surface area contributed by atoms with Crippen LogP contribution in [0.1, 0.15) is 40.7 Å². The quantitative estimate of drug-likeness (QED) is 0.804. The number of hydrogen-bond donors (Lipinski definition) is 1. The summed E-state index contributed by atoms with van der Waals surface area (Å²) < 4.78 is 6.03. The van der Waals surface area contributed by atoms with Gasteiger partial charge in [-0.15, -0.1) is 0 Å². The van der Waals surface area contributed by atoms with Crippen LogP contribution in [0.2, 0.25) is 0 Å². The lowest BCUT2D eigenvalue weighted by molar-refractivity contribution is 0.0682. The van der Waals surface area contributed by atoms with Crippen molar-refractivity contribution in [2.24, 2.45) is 5.92 Å². The smallest absolute Gasteiger partial charge is 0.257 e. The molecule has 1 amide bonds. The summed E-state index contributed by atoms with van der Waals surface area (Å²) in [5, 5.41) is 3.22. The molecule has 1 heterocycles. The van der Waals surface area contributed by atoms with Gasteiger partial charge in [-0.3, -0.25) is 4.79 Å². The average molecular weight is 367 g/mol. The molecule has 0 saturated carbocycles. The van der Waals surface area contributed by atoms with Crippen molar-refractivity contribution in [1.82, 2.24) is 10.2 Å². The van der Waals surface area contributed by atoms with Gasteiger partial charge < -0.3 is 15.0 Å². The highest BCUT2D eigenvalue weighted by Gasteiger charge is 2.25. The lowest BCUT2D eigenvalue weighted by Crippen LogP contribution is -2.39. The molecule has 2 aromatic carbocycles. The van der Waals surface area contributed by atoms with Gasteiger partial charge >= 0.3 is 0 Å². The van der Waals surface area contributed by atoms with E-state index in [-0.39, 0.29) is 5.91 Å². The number of benzene rings is 2. The Morgan fingerprint density at radius 3 is 2.56 bits per heavy atom. The second kappa shape index (κ2) is 9.56. The lowest BCUT2D eigenvalue weighted by Gasteiger charge is -2.32. The fourth-order valence-corrected chi connectivity index (χ4v) is 3.64. The molecule has 4 heteroatoms. The summed E-state index contributed by atoms with van der Waals surface area (Å²) in [5.74, 6) is 1.47. The van der Waals surface area contributed by atoms with Gasteiger partial charge in [0.1, 0.15) is 12.4 Å². The molecule has 3 rings (SSSR count). The fraction of sp³-hybridized carbons (Fsp3) is 0.435. The van der Waals surface area contributed by atoms with Crippen LogP contribution in [-0.4, -0.2) is 37.5 Å². The van der Waals surface area contributed by atoms with E-state index in [0.717, 1.165) is 38.0 Å². The fourth-order valence-electron chi connectivity index (χ4n) is 3.64. The Bertz CT molecular complexity index is 752. The van der Waals surface area contributed by atoms with E-state index in [1.54, 1.807) is 0 Å². The van der Waals surface area contributed by atoms with Crippen molar-refractivity contribution in [2.75, 3.05) is 26.7 Å². The van der Waals surface area contributed by atoms with Crippen molar-refractivity contribution in [3.05, 3.63) is 65.2 Å². The maximum Gasteiger partial charge on any atom is 0.257 e. The number of amides is 1. The lowest BCUT2D eigenvalue weighted by atomic mass is 9.93. The molecule has 0 aliphatic carbocycles. The van der Waals surface area contributed by atoms with Crippen molar-refractivity contribution in [3.63, 3.8) is 0 Å². The number of hydrogen-bond acceptors (Lipinski definition) is 3. The molecule has 4 nitrogen and oxygen atoms in total. The number of carbonyl (C=O) groups excluding carboxylic acids is 1. The van der Waals surface area contributed by atoms with Crippen molar-refractivity contribution in [1.29, 1.82) is 0 Å². The van der Waals surface area contributed by atoms with Crippen LogP contribution in [0.3, 0.4) is 0 Å². The van der Waals surface area contributed by atoms with Crippen LogP contribution in [-0.2, 0) is 6.61 Å². The molecule has 1 saturated heterocycles. The Morgan fingerprint density at radius 1 is 1.11 bits per heavy atom. The summed E-state index contributed by atoms with van der Waals surface area (Å²) in [6.45, 7) is 5.27. The molecule has 0 bridgehead atoms. The van der Waals surface area contributed by atoms with E-state index < -0.39 is 0 Å². The van der Waals surface area contributed by atoms with Gasteiger partial charge in [0.2, 0.25) is 0 Å². The molecule has 0 atom stereocenters. The predicted octanol–water partition coefficient (Wildman–Crippen LogP) is 4.04. The molecule has 0 aromatic heterocycles. The highest BCUT2D eigenvalue weighted by molar-refractivity contribution is 5.97. The summed E-state index contributed by atoms with van der Waals surface area (Å²) in [7, 11) is 1.99. The first-order valence-electron chi connectivity index (χ1n) is 9.89. The summed E-state index contributed by atoms with van der Waals surface area (Å²) in [4.78, 5) is 15.0. The van der Waals surface area contributed by atoms with E-state index >= 15 is 0 Å². The number of para-hydroxylation sites is 1. The Balaban J connectivity index is 1.63. The molecule has 0 unspecified atom stereocenters. The SMILES string of the molecule is CNCCC1CCN(C(=O)c2ccccc2OCc2ccccc2C)CC1. The van der Waals surface area contributed by atoms with Crippen molar-refractivity contribution in [3.8, 4) is 5.75 Å². The molecule has 27 heavy (non-hydrogen) atoms. The molecule has 1 aliphatic heterocycles. The van der Waals surface area contributed by atoms with Crippen LogP contribution in [0, 0.1) is 12.8 Å². The van der Waals surface area contributed by atoms with E-state index in [0.29, 0.717) is 23.8 Å². The number of nitrogens with zero attached hydrogens (tertiary/aromatic N) is 1. The third kappa shape index (κ3) is 5.10. The van der Waals surface area contributed by atoms with E-state index in [2.05, 4.69) is 24.4 Å². The predicted molar refractivity (Wildman–Crippen MR) is 109 cm³/mol. The number of piperidine rings is 1. The standard InChI is InChI=1S/C23H30N2O2/c1-18-7-3-4-8-20(18)17-27-22-10-6-5-9-21(22)23(26)25-15-12-19(13-16-25)11-14-24-2/h3-10,19,24H,11-17H2,1-2H3. The number of carbonyl (C=O) groups is 1. The summed E-state index contributed by atoms with van der Waals surface area (Å²) in [6.07, 6.45) is 3.36. The molecule has 2 aromatic rings. The second-order valence-electron chi connectivity index (χ2n) is 7.34. The normalized spacial score (nSPS) is 15.0. The number of rotatable bonds is 7. The molecule has 1 fully saturated rings. The van der Waals surface area contributed by atoms with Gasteiger partial charge in [0.05, 0.1) is 5.56 Å². The van der Waals surface area contributed by atoms with Crippen LogP contribution in [0.5, 0.6) is 5.75 Å². The van der Waals surface area contributed by atoms with Crippen LogP contribution in [0.25, 0.3) is 0 Å². The number of aryl methyl sites for hydroxylation is 1. The van der Waals surface area contributed by atoms with E-state index in [9.17, 15) is 4.79 Å². The van der Waals surface area contributed by atoms with E-state index in [4.69, 9.17) is 4.74 Å². The number of likely N-dealkylation sites (tertiary alicyclic amines) is 1. The molecule has 0 radical (unpaired) electrons. The molecular formula is C23H30N2O2. The first kappa shape index (κ1) is 19.4. The minimum absolute atomic E-state index is 0.0856. The van der Waals surface area contributed by atoms with Crippen molar-refractivity contribution >= 4 is 5.91 Å². The Hall–Kier alpha value is -2.33. The molecule has 1 aliphatic rings. The Morgan fingerprint density at radius 2 is 1.81 bits per heavy atom.